The van der Waals surface area contributed by atoms with Crippen molar-refractivity contribution in [1.29, 1.82) is 0 Å². The second-order valence-electron chi connectivity index (χ2n) is 3.27. The predicted molar refractivity (Wildman–Crippen MR) is 43.4 cm³/mol. The zero-order valence-corrected chi connectivity index (χ0v) is 7.67. The van der Waals surface area contributed by atoms with Crippen molar-refractivity contribution in [3.63, 3.8) is 0 Å². The smallest absolute Gasteiger partial charge is 0.147 e. The quantitative estimate of drug-likeness (QED) is 0.570. The van der Waals surface area contributed by atoms with Gasteiger partial charge in [0.1, 0.15) is 38.0 Å². The van der Waals surface area contributed by atoms with E-state index in [1.807, 2.05) is 0 Å². The van der Waals surface area contributed by atoms with Gasteiger partial charge >= 0.3 is 0 Å². The molecular formula is C8H14O6. The highest BCUT2D eigenvalue weighted by molar-refractivity contribution is 4.88. The lowest BCUT2D eigenvalue weighted by molar-refractivity contribution is -0.328. The molecule has 0 aromatic rings. The van der Waals surface area contributed by atoms with Gasteiger partial charge in [0.2, 0.25) is 0 Å². The van der Waals surface area contributed by atoms with Crippen molar-refractivity contribution in [2.24, 2.45) is 0 Å². The molecule has 2 fully saturated rings. The molecule has 6 nitrogen and oxygen atoms in total. The van der Waals surface area contributed by atoms with Crippen LogP contribution in [0.2, 0.25) is 0 Å². The van der Waals surface area contributed by atoms with Crippen LogP contribution in [0.5, 0.6) is 0 Å². The molecule has 2 rings (SSSR count). The zero-order chi connectivity index (χ0) is 9.97. The third-order valence-electron chi connectivity index (χ3n) is 2.50. The minimum Gasteiger partial charge on any atom is -0.394 e. The predicted octanol–water partition coefficient (Wildman–Crippen LogP) is -1.55. The minimum atomic E-state index is -0.397. The molecule has 0 aromatic carbocycles. The largest absolute Gasteiger partial charge is 0.394 e. The number of rotatable bonds is 2. The summed E-state index contributed by atoms with van der Waals surface area (Å²) in [4.78, 5) is 0. The van der Waals surface area contributed by atoms with E-state index in [4.69, 9.17) is 29.2 Å². The van der Waals surface area contributed by atoms with Gasteiger partial charge in [-0.3, -0.25) is 0 Å². The lowest BCUT2D eigenvalue weighted by Crippen LogP contribution is -2.58. The van der Waals surface area contributed by atoms with E-state index in [0.29, 0.717) is 0 Å². The van der Waals surface area contributed by atoms with Crippen molar-refractivity contribution in [2.75, 3.05) is 26.8 Å². The van der Waals surface area contributed by atoms with E-state index in [2.05, 4.69) is 0 Å². The standard InChI is InChI=1S/C8H14O6/c9-1-5-7-8(14-3-11-5)6(2-10)12-4-13-7/h5-10H,1-4H2/t5-,6-,7-,8-/m1/s1. The maximum absolute atomic E-state index is 9.03. The SMILES string of the molecule is OC[C@H]1OCO[C@H]2[C@@H]1OCO[C@@H]2CO. The van der Waals surface area contributed by atoms with Crippen LogP contribution in [0.4, 0.5) is 0 Å². The third kappa shape index (κ3) is 1.77. The number of aliphatic hydroxyl groups is 2. The lowest BCUT2D eigenvalue weighted by atomic mass is 10.0. The Morgan fingerprint density at radius 1 is 0.786 bits per heavy atom. The zero-order valence-electron chi connectivity index (χ0n) is 7.67. The summed E-state index contributed by atoms with van der Waals surface area (Å²) >= 11 is 0. The summed E-state index contributed by atoms with van der Waals surface area (Å²) in [7, 11) is 0. The molecule has 2 aliphatic rings. The Kier molecular flexibility index (Phi) is 3.32. The average molecular weight is 206 g/mol. The first-order valence-corrected chi connectivity index (χ1v) is 4.55. The molecule has 82 valence electrons. The van der Waals surface area contributed by atoms with Gasteiger partial charge in [0, 0.05) is 0 Å². The van der Waals surface area contributed by atoms with Crippen LogP contribution in [-0.4, -0.2) is 61.4 Å². The van der Waals surface area contributed by atoms with E-state index >= 15 is 0 Å². The van der Waals surface area contributed by atoms with Crippen LogP contribution in [0, 0.1) is 0 Å². The summed E-state index contributed by atoms with van der Waals surface area (Å²) in [5, 5.41) is 18.1. The fourth-order valence-electron chi connectivity index (χ4n) is 1.74. The fraction of sp³-hybridized carbons (Fsp3) is 1.00. The van der Waals surface area contributed by atoms with Gasteiger partial charge in [0.15, 0.2) is 0 Å². The molecule has 14 heavy (non-hydrogen) atoms. The van der Waals surface area contributed by atoms with Crippen molar-refractivity contribution < 1.29 is 29.2 Å². The minimum absolute atomic E-state index is 0.0929. The van der Waals surface area contributed by atoms with Crippen LogP contribution >= 0.6 is 0 Å². The van der Waals surface area contributed by atoms with Crippen LogP contribution in [0.25, 0.3) is 0 Å². The number of ether oxygens (including phenoxy) is 4. The monoisotopic (exact) mass is 206 g/mol. The summed E-state index contributed by atoms with van der Waals surface area (Å²) < 4.78 is 20.9. The van der Waals surface area contributed by atoms with E-state index in [9.17, 15) is 0 Å². The van der Waals surface area contributed by atoms with Gasteiger partial charge in [-0.25, -0.2) is 0 Å². The van der Waals surface area contributed by atoms with Crippen molar-refractivity contribution in [1.82, 2.24) is 0 Å². The first kappa shape index (κ1) is 10.3. The van der Waals surface area contributed by atoms with Gasteiger partial charge < -0.3 is 29.2 Å². The average Bonchev–Trinajstić information content (AvgIpc) is 2.27. The van der Waals surface area contributed by atoms with E-state index in [0.717, 1.165) is 0 Å². The topological polar surface area (TPSA) is 77.4 Å². The Morgan fingerprint density at radius 3 is 1.57 bits per heavy atom. The number of hydrogen-bond acceptors (Lipinski definition) is 6. The molecule has 2 aliphatic heterocycles. The van der Waals surface area contributed by atoms with Crippen molar-refractivity contribution in [3.05, 3.63) is 0 Å². The maximum atomic E-state index is 9.03. The summed E-state index contributed by atoms with van der Waals surface area (Å²) in [6.07, 6.45) is -1.52. The van der Waals surface area contributed by atoms with Gasteiger partial charge in [-0.15, -0.1) is 0 Å². The molecule has 0 bridgehead atoms. The van der Waals surface area contributed by atoms with Crippen molar-refractivity contribution in [2.45, 2.75) is 24.4 Å². The Morgan fingerprint density at radius 2 is 1.21 bits per heavy atom. The van der Waals surface area contributed by atoms with Gasteiger partial charge in [0.25, 0.3) is 0 Å². The highest BCUT2D eigenvalue weighted by Crippen LogP contribution is 2.25. The first-order chi connectivity index (χ1) is 6.86. The van der Waals surface area contributed by atoms with E-state index in [1.165, 1.54) is 0 Å². The highest BCUT2D eigenvalue weighted by atomic mass is 16.8. The first-order valence-electron chi connectivity index (χ1n) is 4.55. The van der Waals surface area contributed by atoms with Crippen LogP contribution in [0.15, 0.2) is 0 Å². The number of aliphatic hydroxyl groups excluding tert-OH is 2. The van der Waals surface area contributed by atoms with Crippen LogP contribution < -0.4 is 0 Å². The molecule has 0 aromatic heterocycles. The number of hydrogen-bond donors (Lipinski definition) is 2. The lowest BCUT2D eigenvalue weighted by Gasteiger charge is -2.43. The molecule has 0 amide bonds. The van der Waals surface area contributed by atoms with Crippen molar-refractivity contribution in [3.8, 4) is 0 Å². The van der Waals surface area contributed by atoms with E-state index < -0.39 is 12.2 Å². The van der Waals surface area contributed by atoms with E-state index in [1.54, 1.807) is 0 Å². The molecule has 0 aliphatic carbocycles. The summed E-state index contributed by atoms with van der Waals surface area (Å²) in [6.45, 7) is -0.0590. The molecular weight excluding hydrogens is 192 g/mol. The third-order valence-corrected chi connectivity index (χ3v) is 2.50. The Labute approximate surface area is 81.3 Å². The van der Waals surface area contributed by atoms with Crippen molar-refractivity contribution >= 4 is 0 Å². The Bertz CT molecular complexity index is 167. The van der Waals surface area contributed by atoms with Gasteiger partial charge in [-0.1, -0.05) is 0 Å². The molecule has 0 spiro atoms. The van der Waals surface area contributed by atoms with Crippen LogP contribution in [-0.2, 0) is 18.9 Å². The summed E-state index contributed by atoms with van der Waals surface area (Å²) in [6, 6.07) is 0. The number of fused-ring (bicyclic) bond motifs is 1. The Balaban J connectivity index is 2.04. The molecule has 0 radical (unpaired) electrons. The van der Waals surface area contributed by atoms with Crippen LogP contribution in [0.3, 0.4) is 0 Å². The van der Waals surface area contributed by atoms with Gasteiger partial charge in [-0.2, -0.15) is 0 Å². The van der Waals surface area contributed by atoms with Gasteiger partial charge in [0.05, 0.1) is 13.2 Å². The highest BCUT2D eigenvalue weighted by Gasteiger charge is 2.43. The Hall–Kier alpha value is -0.240. The molecule has 4 atom stereocenters. The molecule has 0 unspecified atom stereocenters. The van der Waals surface area contributed by atoms with Gasteiger partial charge in [-0.05, 0) is 0 Å². The molecule has 2 N–H and O–H groups in total. The molecule has 2 saturated heterocycles. The van der Waals surface area contributed by atoms with Crippen LogP contribution in [0.1, 0.15) is 0 Å². The second-order valence-corrected chi connectivity index (χ2v) is 3.27. The molecule has 2 heterocycles. The molecule has 6 heteroatoms. The summed E-state index contributed by atoms with van der Waals surface area (Å²) in [5.41, 5.74) is 0. The molecule has 0 saturated carbocycles. The second kappa shape index (κ2) is 4.52. The van der Waals surface area contributed by atoms with E-state index in [-0.39, 0.29) is 39.0 Å². The maximum Gasteiger partial charge on any atom is 0.147 e. The fourth-order valence-corrected chi connectivity index (χ4v) is 1.74. The normalized spacial score (nSPS) is 43.3. The summed E-state index contributed by atoms with van der Waals surface area (Å²) in [5.74, 6) is 0.